The Kier molecular flexibility index (Phi) is 8.19. The standard InChI is InChI=1S/C35H28N2O3/c1-25-13-15-26(16-14-25)23-39-32-19-17-31(18-20-32)37-35(38)30(22-36)21-28-8-3-5-12-34(28)40-24-29-10-6-9-27-7-2-4-11-33(27)29/h2-21H,23-24H2,1H3,(H,37,38)/b30-21+. The minimum absolute atomic E-state index is 0.0269. The number of nitrogens with one attached hydrogen (secondary N) is 1. The van der Waals surface area contributed by atoms with Crippen LogP contribution in [0.15, 0.2) is 121 Å². The number of hydrogen-bond donors (Lipinski definition) is 1. The van der Waals surface area contributed by atoms with Gasteiger partial charge in [0.2, 0.25) is 0 Å². The number of rotatable bonds is 9. The smallest absolute Gasteiger partial charge is 0.266 e. The van der Waals surface area contributed by atoms with Crippen LogP contribution in [0.25, 0.3) is 16.8 Å². The summed E-state index contributed by atoms with van der Waals surface area (Å²) in [5, 5.41) is 14.8. The average molecular weight is 525 g/mol. The molecule has 0 fully saturated rings. The molecule has 196 valence electrons. The number of amides is 1. The molecule has 0 spiro atoms. The largest absolute Gasteiger partial charge is 0.489 e. The van der Waals surface area contributed by atoms with Gasteiger partial charge in [0.25, 0.3) is 5.91 Å². The van der Waals surface area contributed by atoms with Crippen LogP contribution in [-0.2, 0) is 18.0 Å². The highest BCUT2D eigenvalue weighted by atomic mass is 16.5. The molecule has 5 aromatic rings. The maximum absolute atomic E-state index is 12.9. The first-order valence-corrected chi connectivity index (χ1v) is 13.0. The lowest BCUT2D eigenvalue weighted by Gasteiger charge is -2.12. The molecule has 1 amide bonds. The van der Waals surface area contributed by atoms with Gasteiger partial charge < -0.3 is 14.8 Å². The third kappa shape index (κ3) is 6.56. The number of carbonyl (C=O) groups is 1. The molecule has 0 unspecified atom stereocenters. The van der Waals surface area contributed by atoms with Crippen molar-refractivity contribution in [3.05, 3.63) is 143 Å². The first-order valence-electron chi connectivity index (χ1n) is 13.0. The van der Waals surface area contributed by atoms with E-state index in [0.717, 1.165) is 21.9 Å². The molecule has 5 nitrogen and oxygen atoms in total. The predicted molar refractivity (Wildman–Crippen MR) is 159 cm³/mol. The van der Waals surface area contributed by atoms with E-state index >= 15 is 0 Å². The van der Waals surface area contributed by atoms with Gasteiger partial charge in [-0.1, -0.05) is 90.5 Å². The maximum atomic E-state index is 12.9. The molecule has 1 N–H and O–H groups in total. The Bertz CT molecular complexity index is 1690. The zero-order chi connectivity index (χ0) is 27.7. The van der Waals surface area contributed by atoms with E-state index in [-0.39, 0.29) is 5.57 Å². The molecular formula is C35H28N2O3. The molecule has 5 rings (SSSR count). The van der Waals surface area contributed by atoms with Crippen LogP contribution < -0.4 is 14.8 Å². The van der Waals surface area contributed by atoms with Gasteiger partial charge in [-0.25, -0.2) is 0 Å². The highest BCUT2D eigenvalue weighted by Crippen LogP contribution is 2.25. The molecule has 0 saturated carbocycles. The van der Waals surface area contributed by atoms with Gasteiger partial charge in [0, 0.05) is 11.3 Å². The molecule has 0 aliphatic rings. The first-order chi connectivity index (χ1) is 19.6. The number of carbonyl (C=O) groups excluding carboxylic acids is 1. The van der Waals surface area contributed by atoms with E-state index in [1.54, 1.807) is 30.3 Å². The highest BCUT2D eigenvalue weighted by Gasteiger charge is 2.12. The van der Waals surface area contributed by atoms with E-state index in [4.69, 9.17) is 9.47 Å². The Morgan fingerprint density at radius 1 is 0.800 bits per heavy atom. The quantitative estimate of drug-likeness (QED) is 0.157. The summed E-state index contributed by atoms with van der Waals surface area (Å²) in [5.41, 5.74) is 4.52. The van der Waals surface area contributed by atoms with E-state index in [1.165, 1.54) is 5.56 Å². The third-order valence-electron chi connectivity index (χ3n) is 6.49. The van der Waals surface area contributed by atoms with Crippen LogP contribution in [0, 0.1) is 18.3 Å². The SMILES string of the molecule is Cc1ccc(COc2ccc(NC(=O)/C(C#N)=C/c3ccccc3OCc3cccc4ccccc34)cc2)cc1. The van der Waals surface area contributed by atoms with Crippen LogP contribution in [0.2, 0.25) is 0 Å². The van der Waals surface area contributed by atoms with Crippen LogP contribution in [0.4, 0.5) is 5.69 Å². The summed E-state index contributed by atoms with van der Waals surface area (Å²) >= 11 is 0. The van der Waals surface area contributed by atoms with Crippen LogP contribution in [0.3, 0.4) is 0 Å². The van der Waals surface area contributed by atoms with Crippen LogP contribution >= 0.6 is 0 Å². The monoisotopic (exact) mass is 524 g/mol. The fourth-order valence-electron chi connectivity index (χ4n) is 4.29. The van der Waals surface area contributed by atoms with E-state index in [1.807, 2.05) is 85.8 Å². The number of para-hydroxylation sites is 1. The second-order valence-electron chi connectivity index (χ2n) is 9.39. The third-order valence-corrected chi connectivity index (χ3v) is 6.49. The summed E-state index contributed by atoms with van der Waals surface area (Å²) in [6, 6.07) is 38.9. The molecule has 0 bridgehead atoms. The van der Waals surface area contributed by atoms with Crippen molar-refractivity contribution in [1.82, 2.24) is 0 Å². The number of fused-ring (bicyclic) bond motifs is 1. The molecule has 0 heterocycles. The van der Waals surface area contributed by atoms with Crippen LogP contribution in [0.1, 0.15) is 22.3 Å². The van der Waals surface area contributed by atoms with Crippen molar-refractivity contribution in [3.63, 3.8) is 0 Å². The fraction of sp³-hybridized carbons (Fsp3) is 0.0857. The van der Waals surface area contributed by atoms with Crippen molar-refractivity contribution in [2.75, 3.05) is 5.32 Å². The number of ether oxygens (including phenoxy) is 2. The summed E-state index contributed by atoms with van der Waals surface area (Å²) in [6.07, 6.45) is 1.55. The second-order valence-corrected chi connectivity index (χ2v) is 9.39. The number of hydrogen-bond acceptors (Lipinski definition) is 4. The second kappa shape index (κ2) is 12.5. The van der Waals surface area contributed by atoms with Gasteiger partial charge in [0.15, 0.2) is 0 Å². The highest BCUT2D eigenvalue weighted by molar-refractivity contribution is 6.09. The molecule has 5 heteroatoms. The van der Waals surface area contributed by atoms with E-state index in [2.05, 4.69) is 23.5 Å². The van der Waals surface area contributed by atoms with Gasteiger partial charge in [-0.05, 0) is 65.2 Å². The summed E-state index contributed by atoms with van der Waals surface area (Å²) in [7, 11) is 0. The number of nitriles is 1. The van der Waals surface area contributed by atoms with Crippen molar-refractivity contribution >= 4 is 28.4 Å². The number of benzene rings is 5. The molecular weight excluding hydrogens is 496 g/mol. The van der Waals surface area contributed by atoms with Crippen molar-refractivity contribution in [1.29, 1.82) is 5.26 Å². The van der Waals surface area contributed by atoms with E-state index < -0.39 is 5.91 Å². The minimum atomic E-state index is -0.500. The summed E-state index contributed by atoms with van der Waals surface area (Å²) in [5.74, 6) is 0.776. The van der Waals surface area contributed by atoms with Gasteiger partial charge in [0.1, 0.15) is 36.4 Å². The summed E-state index contributed by atoms with van der Waals surface area (Å²) in [6.45, 7) is 2.86. The van der Waals surface area contributed by atoms with E-state index in [0.29, 0.717) is 36.0 Å². The van der Waals surface area contributed by atoms with Gasteiger partial charge in [-0.2, -0.15) is 5.26 Å². The number of nitrogens with zero attached hydrogens (tertiary/aromatic N) is 1. The Hall–Kier alpha value is -5.34. The normalized spacial score (nSPS) is 11.1. The van der Waals surface area contributed by atoms with Gasteiger partial charge in [-0.3, -0.25) is 4.79 Å². The van der Waals surface area contributed by atoms with Gasteiger partial charge in [-0.15, -0.1) is 0 Å². The minimum Gasteiger partial charge on any atom is -0.489 e. The molecule has 5 aromatic carbocycles. The topological polar surface area (TPSA) is 71.3 Å². The van der Waals surface area contributed by atoms with Crippen molar-refractivity contribution in [2.24, 2.45) is 0 Å². The lowest BCUT2D eigenvalue weighted by Crippen LogP contribution is -2.13. The first kappa shape index (κ1) is 26.3. The molecule has 0 aliphatic carbocycles. The zero-order valence-corrected chi connectivity index (χ0v) is 22.1. The lowest BCUT2D eigenvalue weighted by molar-refractivity contribution is -0.112. The summed E-state index contributed by atoms with van der Waals surface area (Å²) in [4.78, 5) is 12.9. The average Bonchev–Trinajstić information content (AvgIpc) is 2.99. The van der Waals surface area contributed by atoms with Crippen LogP contribution in [-0.4, -0.2) is 5.91 Å². The van der Waals surface area contributed by atoms with Crippen LogP contribution in [0.5, 0.6) is 11.5 Å². The molecule has 0 atom stereocenters. The maximum Gasteiger partial charge on any atom is 0.266 e. The molecule has 40 heavy (non-hydrogen) atoms. The Balaban J connectivity index is 1.24. The Morgan fingerprint density at radius 3 is 2.33 bits per heavy atom. The van der Waals surface area contributed by atoms with Crippen molar-refractivity contribution in [3.8, 4) is 17.6 Å². The molecule has 0 radical (unpaired) electrons. The predicted octanol–water partition coefficient (Wildman–Crippen LogP) is 7.85. The van der Waals surface area contributed by atoms with Crippen molar-refractivity contribution in [2.45, 2.75) is 20.1 Å². The van der Waals surface area contributed by atoms with Gasteiger partial charge in [0.05, 0.1) is 0 Å². The Morgan fingerprint density at radius 2 is 1.52 bits per heavy atom. The van der Waals surface area contributed by atoms with Crippen molar-refractivity contribution < 1.29 is 14.3 Å². The Labute approximate surface area is 233 Å². The summed E-state index contributed by atoms with van der Waals surface area (Å²) < 4.78 is 12.0. The fourth-order valence-corrected chi connectivity index (χ4v) is 4.29. The number of aryl methyl sites for hydroxylation is 1. The van der Waals surface area contributed by atoms with E-state index in [9.17, 15) is 10.1 Å². The zero-order valence-electron chi connectivity index (χ0n) is 22.1. The lowest BCUT2D eigenvalue weighted by atomic mass is 10.1. The molecule has 0 saturated heterocycles. The molecule has 0 aliphatic heterocycles. The molecule has 0 aromatic heterocycles. The van der Waals surface area contributed by atoms with Gasteiger partial charge >= 0.3 is 0 Å². The number of anilines is 1.